The molecule has 1 amide bonds. The van der Waals surface area contributed by atoms with Gasteiger partial charge in [0, 0.05) is 25.1 Å². The summed E-state index contributed by atoms with van der Waals surface area (Å²) in [6.07, 6.45) is 7.67. The van der Waals surface area contributed by atoms with Gasteiger partial charge in [-0.25, -0.2) is 4.68 Å². The zero-order chi connectivity index (χ0) is 23.2. The molecule has 0 saturated heterocycles. The molecule has 6 heteroatoms. The average molecular weight is 448 g/mol. The van der Waals surface area contributed by atoms with Gasteiger partial charge >= 0.3 is 0 Å². The fourth-order valence-electron chi connectivity index (χ4n) is 3.94. The van der Waals surface area contributed by atoms with Crippen molar-refractivity contribution in [3.8, 4) is 16.8 Å². The molecule has 6 nitrogen and oxygen atoms in total. The highest BCUT2D eigenvalue weighted by molar-refractivity contribution is 5.79. The van der Waals surface area contributed by atoms with E-state index in [4.69, 9.17) is 0 Å². The van der Waals surface area contributed by atoms with Gasteiger partial charge in [-0.1, -0.05) is 66.7 Å². The molecular weight excluding hydrogens is 422 g/mol. The van der Waals surface area contributed by atoms with Gasteiger partial charge in [0.2, 0.25) is 5.91 Å². The number of rotatable bonds is 8. The molecule has 2 aromatic heterocycles. The fraction of sp³-hybridized carbons (Fsp3) is 0.107. The lowest BCUT2D eigenvalue weighted by molar-refractivity contribution is -0.120. The molecule has 34 heavy (non-hydrogen) atoms. The molecule has 0 radical (unpaired) electrons. The van der Waals surface area contributed by atoms with Gasteiger partial charge in [0.25, 0.3) is 0 Å². The molecule has 3 aromatic carbocycles. The van der Waals surface area contributed by atoms with Gasteiger partial charge in [-0.2, -0.15) is 10.2 Å². The summed E-state index contributed by atoms with van der Waals surface area (Å²) in [5, 5.41) is 11.7. The largest absolute Gasteiger partial charge is 0.352 e. The molecular formula is C28H25N5O. The van der Waals surface area contributed by atoms with E-state index >= 15 is 0 Å². The number of para-hydroxylation sites is 1. The number of benzene rings is 3. The van der Waals surface area contributed by atoms with Crippen LogP contribution in [0.5, 0.6) is 0 Å². The quantitative estimate of drug-likeness (QED) is 0.377. The summed E-state index contributed by atoms with van der Waals surface area (Å²) in [7, 11) is 0. The molecule has 1 N–H and O–H groups in total. The van der Waals surface area contributed by atoms with Crippen LogP contribution in [0.4, 0.5) is 0 Å². The van der Waals surface area contributed by atoms with Crippen LogP contribution in [0, 0.1) is 0 Å². The molecule has 0 aliphatic rings. The van der Waals surface area contributed by atoms with Crippen LogP contribution in [0.3, 0.4) is 0 Å². The second-order valence-electron chi connectivity index (χ2n) is 8.14. The molecule has 0 unspecified atom stereocenters. The van der Waals surface area contributed by atoms with Gasteiger partial charge in [-0.15, -0.1) is 0 Å². The van der Waals surface area contributed by atoms with Crippen molar-refractivity contribution in [3.05, 3.63) is 126 Å². The van der Waals surface area contributed by atoms with Gasteiger partial charge < -0.3 is 5.32 Å². The van der Waals surface area contributed by atoms with E-state index in [2.05, 4.69) is 51.9 Å². The summed E-state index contributed by atoms with van der Waals surface area (Å²) < 4.78 is 3.69. The predicted molar refractivity (Wildman–Crippen MR) is 132 cm³/mol. The van der Waals surface area contributed by atoms with Crippen LogP contribution < -0.4 is 5.32 Å². The standard InChI is InChI=1S/C28H25N5O/c34-28(17-23-18-31-33(21-23)26-8-2-1-3-9-26)29-19-25-7-4-5-10-27(25)24-13-11-22(12-14-24)20-32-16-6-15-30-32/h1-16,18,21H,17,19-20H2,(H,29,34). The first kappa shape index (κ1) is 21.4. The summed E-state index contributed by atoms with van der Waals surface area (Å²) in [6, 6.07) is 28.5. The lowest BCUT2D eigenvalue weighted by atomic mass is 9.98. The first-order valence-electron chi connectivity index (χ1n) is 11.2. The maximum absolute atomic E-state index is 12.6. The summed E-state index contributed by atoms with van der Waals surface area (Å²) in [5.41, 5.74) is 6.36. The van der Waals surface area contributed by atoms with Crippen molar-refractivity contribution in [3.63, 3.8) is 0 Å². The monoisotopic (exact) mass is 447 g/mol. The zero-order valence-electron chi connectivity index (χ0n) is 18.7. The molecule has 0 aliphatic carbocycles. The predicted octanol–water partition coefficient (Wildman–Crippen LogP) is 4.64. The molecule has 0 fully saturated rings. The zero-order valence-corrected chi connectivity index (χ0v) is 18.7. The second kappa shape index (κ2) is 10.0. The van der Waals surface area contributed by atoms with E-state index in [0.717, 1.165) is 34.5 Å². The smallest absolute Gasteiger partial charge is 0.224 e. The Bertz CT molecular complexity index is 1360. The average Bonchev–Trinajstić information content (AvgIpc) is 3.56. The molecule has 5 aromatic rings. The van der Waals surface area contributed by atoms with E-state index in [0.29, 0.717) is 6.54 Å². The Balaban J connectivity index is 1.22. The summed E-state index contributed by atoms with van der Waals surface area (Å²) in [6.45, 7) is 1.21. The maximum Gasteiger partial charge on any atom is 0.224 e. The highest BCUT2D eigenvalue weighted by Crippen LogP contribution is 2.24. The summed E-state index contributed by atoms with van der Waals surface area (Å²) in [4.78, 5) is 12.6. The number of hydrogen-bond donors (Lipinski definition) is 1. The SMILES string of the molecule is O=C(Cc1cnn(-c2ccccc2)c1)NCc1ccccc1-c1ccc(Cn2cccn2)cc1. The van der Waals surface area contributed by atoms with Crippen LogP contribution in [-0.4, -0.2) is 25.5 Å². The number of aromatic nitrogens is 4. The van der Waals surface area contributed by atoms with E-state index in [1.165, 1.54) is 5.56 Å². The van der Waals surface area contributed by atoms with E-state index in [1.807, 2.05) is 65.6 Å². The normalized spacial score (nSPS) is 10.8. The Morgan fingerprint density at radius 1 is 0.824 bits per heavy atom. The van der Waals surface area contributed by atoms with Crippen LogP contribution in [0.15, 0.2) is 110 Å². The van der Waals surface area contributed by atoms with Gasteiger partial charge in [-0.3, -0.25) is 9.48 Å². The Labute approximate surface area is 198 Å². The topological polar surface area (TPSA) is 64.7 Å². The Morgan fingerprint density at radius 2 is 1.62 bits per heavy atom. The molecule has 0 bridgehead atoms. The van der Waals surface area contributed by atoms with E-state index < -0.39 is 0 Å². The van der Waals surface area contributed by atoms with Gasteiger partial charge in [0.05, 0.1) is 24.8 Å². The van der Waals surface area contributed by atoms with Crippen LogP contribution in [0.2, 0.25) is 0 Å². The lowest BCUT2D eigenvalue weighted by Crippen LogP contribution is -2.24. The number of hydrogen-bond acceptors (Lipinski definition) is 3. The van der Waals surface area contributed by atoms with Crippen molar-refractivity contribution < 1.29 is 4.79 Å². The van der Waals surface area contributed by atoms with Gasteiger partial charge in [-0.05, 0) is 46.0 Å². The van der Waals surface area contributed by atoms with Crippen molar-refractivity contribution >= 4 is 5.91 Å². The molecule has 0 spiro atoms. The Morgan fingerprint density at radius 3 is 2.41 bits per heavy atom. The van der Waals surface area contributed by atoms with E-state index in [1.54, 1.807) is 17.1 Å². The molecule has 168 valence electrons. The van der Waals surface area contributed by atoms with E-state index in [9.17, 15) is 4.79 Å². The third-order valence-corrected chi connectivity index (χ3v) is 5.68. The third-order valence-electron chi connectivity index (χ3n) is 5.68. The number of nitrogens with zero attached hydrogens (tertiary/aromatic N) is 4. The van der Waals surface area contributed by atoms with Crippen molar-refractivity contribution in [2.24, 2.45) is 0 Å². The van der Waals surface area contributed by atoms with Crippen molar-refractivity contribution in [2.45, 2.75) is 19.5 Å². The van der Waals surface area contributed by atoms with E-state index in [-0.39, 0.29) is 12.3 Å². The summed E-state index contributed by atoms with van der Waals surface area (Å²) >= 11 is 0. The van der Waals surface area contributed by atoms with Crippen molar-refractivity contribution in [1.29, 1.82) is 0 Å². The molecule has 0 atom stereocenters. The minimum absolute atomic E-state index is 0.0306. The second-order valence-corrected chi connectivity index (χ2v) is 8.14. The lowest BCUT2D eigenvalue weighted by Gasteiger charge is -2.12. The number of nitrogens with one attached hydrogen (secondary N) is 1. The van der Waals surface area contributed by atoms with Crippen LogP contribution >= 0.6 is 0 Å². The highest BCUT2D eigenvalue weighted by Gasteiger charge is 2.09. The molecule has 0 saturated carbocycles. The van der Waals surface area contributed by atoms with Crippen LogP contribution in [0.1, 0.15) is 16.7 Å². The molecule has 0 aliphatic heterocycles. The van der Waals surface area contributed by atoms with Gasteiger partial charge in [0.15, 0.2) is 0 Å². The van der Waals surface area contributed by atoms with Gasteiger partial charge in [0.1, 0.15) is 0 Å². The minimum atomic E-state index is -0.0306. The number of carbonyl (C=O) groups is 1. The number of amides is 1. The van der Waals surface area contributed by atoms with Crippen LogP contribution in [0.25, 0.3) is 16.8 Å². The highest BCUT2D eigenvalue weighted by atomic mass is 16.1. The first-order chi connectivity index (χ1) is 16.7. The molecule has 2 heterocycles. The van der Waals surface area contributed by atoms with Crippen molar-refractivity contribution in [1.82, 2.24) is 24.9 Å². The minimum Gasteiger partial charge on any atom is -0.352 e. The number of carbonyl (C=O) groups excluding carboxylic acids is 1. The Kier molecular flexibility index (Phi) is 6.29. The van der Waals surface area contributed by atoms with Crippen LogP contribution in [-0.2, 0) is 24.3 Å². The maximum atomic E-state index is 12.6. The Hall–Kier alpha value is -4.45. The first-order valence-corrected chi connectivity index (χ1v) is 11.2. The van der Waals surface area contributed by atoms with Crippen molar-refractivity contribution in [2.75, 3.05) is 0 Å². The molecule has 5 rings (SSSR count). The fourth-order valence-corrected chi connectivity index (χ4v) is 3.94. The summed E-state index contributed by atoms with van der Waals surface area (Å²) in [5.74, 6) is -0.0306. The third kappa shape index (κ3) is 5.13.